The fraction of sp³-hybridized carbons (Fsp3) is 0.974. The summed E-state index contributed by atoms with van der Waals surface area (Å²) in [7, 11) is 0. The second kappa shape index (κ2) is 15.6. The quantitative estimate of drug-likeness (QED) is 0.0967. The molecule has 328 valence electrons. The molecule has 4 unspecified atom stereocenters. The van der Waals surface area contributed by atoms with Gasteiger partial charge < -0.3 is 89.7 Å². The lowest BCUT2D eigenvalue weighted by Crippen LogP contribution is -2.68. The molecule has 22 atom stereocenters. The standard InChI is InChI=1S/C38H62O19/c1-34-7-4-8-35(2,33(49)50)19(34)5-9-37-14-36(3,51)38(15-37,10-6-20(34)37)57-32-29(56-31-27(48)25(46)22(43)17(12-40)53-31)28(23(44)18(13-41)54-32)55-30-26(47)24(45)21(42)16(11-39)52-30/h16-32,39-48,51H,4-15H2,1-3H3,(H,49,50)/t16-,17-,18-,19?,20?,21-,22-,23-,24+,25+,26-,27-,28+,29?,30+,31+,32?,34-,35-,36-,37-,38-/m1/s1. The number of carboxylic acids is 1. The fourth-order valence-electron chi connectivity index (χ4n) is 12.6. The number of aliphatic hydroxyl groups is 11. The van der Waals surface area contributed by atoms with Gasteiger partial charge in [0.2, 0.25) is 0 Å². The van der Waals surface area contributed by atoms with Crippen molar-refractivity contribution in [2.24, 2.45) is 28.1 Å². The molecule has 3 heterocycles. The summed E-state index contributed by atoms with van der Waals surface area (Å²) in [5.74, 6) is -0.825. The number of hydrogen-bond donors (Lipinski definition) is 12. The predicted molar refractivity (Wildman–Crippen MR) is 188 cm³/mol. The molecule has 3 aliphatic heterocycles. The average Bonchev–Trinajstić information content (AvgIpc) is 3.32. The van der Waals surface area contributed by atoms with Crippen LogP contribution in [0.3, 0.4) is 0 Å². The number of carboxylic acid groups (broad SMARTS) is 1. The number of ether oxygens (including phenoxy) is 6. The van der Waals surface area contributed by atoms with E-state index in [0.29, 0.717) is 38.5 Å². The minimum absolute atomic E-state index is 0.0520. The fourth-order valence-corrected chi connectivity index (χ4v) is 12.6. The van der Waals surface area contributed by atoms with Gasteiger partial charge in [0.1, 0.15) is 78.8 Å². The lowest BCUT2D eigenvalue weighted by atomic mass is 9.41. The van der Waals surface area contributed by atoms with Crippen molar-refractivity contribution in [3.8, 4) is 0 Å². The Bertz CT molecular complexity index is 1450. The van der Waals surface area contributed by atoms with E-state index in [1.54, 1.807) is 6.92 Å². The maximum Gasteiger partial charge on any atom is 0.309 e. The molecule has 2 bridgehead atoms. The van der Waals surface area contributed by atoms with Crippen molar-refractivity contribution in [1.29, 1.82) is 0 Å². The Balaban J connectivity index is 1.23. The molecule has 19 nitrogen and oxygen atoms in total. The highest BCUT2D eigenvalue weighted by Gasteiger charge is 2.73. The zero-order valence-electron chi connectivity index (χ0n) is 32.5. The number of carbonyl (C=O) groups is 1. The Morgan fingerprint density at radius 1 is 0.614 bits per heavy atom. The van der Waals surface area contributed by atoms with E-state index in [4.69, 9.17) is 28.4 Å². The third kappa shape index (κ3) is 6.90. The third-order valence-electron chi connectivity index (χ3n) is 15.5. The number of hydrogen-bond acceptors (Lipinski definition) is 18. The normalized spacial score (nSPS) is 56.5. The molecule has 7 aliphatic rings. The molecule has 7 rings (SSSR count). The van der Waals surface area contributed by atoms with E-state index in [1.807, 2.05) is 6.92 Å². The molecule has 4 aliphatic carbocycles. The van der Waals surface area contributed by atoms with Crippen LogP contribution in [0.25, 0.3) is 0 Å². The minimum Gasteiger partial charge on any atom is -0.481 e. The van der Waals surface area contributed by atoms with Crippen LogP contribution in [0.15, 0.2) is 0 Å². The monoisotopic (exact) mass is 822 g/mol. The Hall–Kier alpha value is -1.21. The topological polar surface area (TPSA) is 315 Å². The van der Waals surface area contributed by atoms with E-state index in [2.05, 4.69) is 6.92 Å². The summed E-state index contributed by atoms with van der Waals surface area (Å²) < 4.78 is 36.5. The summed E-state index contributed by atoms with van der Waals surface area (Å²) in [6, 6.07) is 0. The Labute approximate surface area is 330 Å². The van der Waals surface area contributed by atoms with Crippen molar-refractivity contribution in [3.63, 3.8) is 0 Å². The van der Waals surface area contributed by atoms with Gasteiger partial charge in [0.05, 0.1) is 30.8 Å². The van der Waals surface area contributed by atoms with Crippen LogP contribution in [0.5, 0.6) is 0 Å². The van der Waals surface area contributed by atoms with Gasteiger partial charge in [-0.25, -0.2) is 0 Å². The molecular formula is C38H62O19. The molecule has 0 aromatic carbocycles. The largest absolute Gasteiger partial charge is 0.481 e. The van der Waals surface area contributed by atoms with Gasteiger partial charge in [-0.2, -0.15) is 0 Å². The number of aliphatic hydroxyl groups excluding tert-OH is 10. The molecule has 7 fully saturated rings. The summed E-state index contributed by atoms with van der Waals surface area (Å²) in [6.45, 7) is 3.30. The van der Waals surface area contributed by atoms with Crippen LogP contribution >= 0.6 is 0 Å². The smallest absolute Gasteiger partial charge is 0.309 e. The molecule has 0 amide bonds. The summed E-state index contributed by atoms with van der Waals surface area (Å²) in [5, 5.41) is 129. The van der Waals surface area contributed by atoms with Gasteiger partial charge >= 0.3 is 5.97 Å². The maximum atomic E-state index is 12.7. The Morgan fingerprint density at radius 3 is 1.67 bits per heavy atom. The molecule has 3 saturated heterocycles. The number of fused-ring (bicyclic) bond motifs is 3. The second-order valence-corrected chi connectivity index (χ2v) is 18.7. The molecule has 1 spiro atoms. The van der Waals surface area contributed by atoms with Crippen molar-refractivity contribution < 1.29 is 94.5 Å². The first-order valence-electron chi connectivity index (χ1n) is 20.2. The SMILES string of the molecule is C[C@@]12CCC[C@@](C)(C(=O)O)C1CC[C@@]13C[C@](OC4O[C@H](CO)[C@@H](O)[C@H](O[C@@H]5O[C@H](CO)[C@@H](O)[C@H](O)[C@H]5O)C4O[C@@H]4O[C@H](CO)[C@@H](O)[C@H](O)[C@H]4O)(CCC12)[C@](C)(O)C3. The van der Waals surface area contributed by atoms with Gasteiger partial charge in [0, 0.05) is 0 Å². The lowest BCUT2D eigenvalue weighted by Gasteiger charge is -2.64. The zero-order valence-corrected chi connectivity index (χ0v) is 32.5. The first-order chi connectivity index (χ1) is 26.7. The Morgan fingerprint density at radius 2 is 1.12 bits per heavy atom. The molecule has 57 heavy (non-hydrogen) atoms. The third-order valence-corrected chi connectivity index (χ3v) is 15.5. The molecule has 0 radical (unpaired) electrons. The average molecular weight is 823 g/mol. The van der Waals surface area contributed by atoms with Crippen LogP contribution in [0.4, 0.5) is 0 Å². The van der Waals surface area contributed by atoms with E-state index in [-0.39, 0.29) is 23.7 Å². The highest BCUT2D eigenvalue weighted by Crippen LogP contribution is 2.74. The molecule has 19 heteroatoms. The van der Waals surface area contributed by atoms with Crippen LogP contribution in [-0.2, 0) is 33.2 Å². The van der Waals surface area contributed by atoms with Gasteiger partial charge in [-0.05, 0) is 87.9 Å². The Kier molecular flexibility index (Phi) is 12.0. The molecule has 0 aromatic rings. The van der Waals surface area contributed by atoms with Gasteiger partial charge in [-0.3, -0.25) is 4.79 Å². The van der Waals surface area contributed by atoms with E-state index in [0.717, 1.165) is 12.8 Å². The van der Waals surface area contributed by atoms with Crippen LogP contribution in [0.2, 0.25) is 0 Å². The summed E-state index contributed by atoms with van der Waals surface area (Å²) in [4.78, 5) is 12.7. The minimum atomic E-state index is -1.95. The first kappa shape index (κ1) is 43.9. The van der Waals surface area contributed by atoms with Gasteiger partial charge in [0.15, 0.2) is 18.9 Å². The highest BCUT2D eigenvalue weighted by molar-refractivity contribution is 5.75. The van der Waals surface area contributed by atoms with Gasteiger partial charge in [-0.15, -0.1) is 0 Å². The van der Waals surface area contributed by atoms with E-state index in [1.165, 1.54) is 0 Å². The van der Waals surface area contributed by atoms with Crippen molar-refractivity contribution in [2.75, 3.05) is 19.8 Å². The maximum absolute atomic E-state index is 12.7. The molecule has 4 saturated carbocycles. The lowest BCUT2D eigenvalue weighted by molar-refractivity contribution is -0.406. The van der Waals surface area contributed by atoms with Crippen LogP contribution in [0.1, 0.15) is 78.6 Å². The molecular weight excluding hydrogens is 760 g/mol. The summed E-state index contributed by atoms with van der Waals surface area (Å²) in [5.41, 5.74) is -4.54. The van der Waals surface area contributed by atoms with Crippen LogP contribution in [0, 0.1) is 28.1 Å². The van der Waals surface area contributed by atoms with Crippen LogP contribution < -0.4 is 0 Å². The van der Waals surface area contributed by atoms with Gasteiger partial charge in [-0.1, -0.05) is 13.3 Å². The van der Waals surface area contributed by atoms with E-state index in [9.17, 15) is 66.1 Å². The van der Waals surface area contributed by atoms with Crippen molar-refractivity contribution in [3.05, 3.63) is 0 Å². The van der Waals surface area contributed by atoms with Gasteiger partial charge in [0.25, 0.3) is 0 Å². The van der Waals surface area contributed by atoms with Crippen molar-refractivity contribution in [2.45, 2.75) is 182 Å². The summed E-state index contributed by atoms with van der Waals surface area (Å²) in [6.07, 6.45) is -21.1. The van der Waals surface area contributed by atoms with Crippen molar-refractivity contribution in [1.82, 2.24) is 0 Å². The number of aliphatic carboxylic acids is 1. The molecule has 0 aromatic heterocycles. The predicted octanol–water partition coefficient (Wildman–Crippen LogP) is -3.18. The zero-order chi connectivity index (χ0) is 41.6. The first-order valence-corrected chi connectivity index (χ1v) is 20.2. The van der Waals surface area contributed by atoms with E-state index >= 15 is 0 Å². The second-order valence-electron chi connectivity index (χ2n) is 18.7. The van der Waals surface area contributed by atoms with E-state index < -0.39 is 140 Å². The number of rotatable bonds is 10. The van der Waals surface area contributed by atoms with Crippen molar-refractivity contribution >= 4 is 5.97 Å². The van der Waals surface area contributed by atoms with Crippen LogP contribution in [-0.4, -0.2) is 190 Å². The highest BCUT2D eigenvalue weighted by atomic mass is 16.8. The summed E-state index contributed by atoms with van der Waals surface area (Å²) >= 11 is 0. The molecule has 12 N–H and O–H groups in total.